The number of carbonyl (C=O) groups excluding carboxylic acids is 1. The van der Waals surface area contributed by atoms with E-state index < -0.39 is 5.60 Å². The van der Waals surface area contributed by atoms with E-state index in [0.717, 1.165) is 0 Å². The van der Waals surface area contributed by atoms with Crippen LogP contribution in [0.4, 0.5) is 0 Å². The lowest BCUT2D eigenvalue weighted by Crippen LogP contribution is -2.55. The average Bonchev–Trinajstić information content (AvgIpc) is 2.39. The lowest BCUT2D eigenvalue weighted by Gasteiger charge is -2.42. The van der Waals surface area contributed by atoms with Gasteiger partial charge in [-0.2, -0.15) is 0 Å². The molecule has 6 heteroatoms. The molecule has 1 saturated heterocycles. The van der Waals surface area contributed by atoms with E-state index in [-0.39, 0.29) is 18.6 Å². The minimum absolute atomic E-state index is 0.112. The van der Waals surface area contributed by atoms with Crippen LogP contribution in [0.2, 0.25) is 5.02 Å². The van der Waals surface area contributed by atoms with Gasteiger partial charge in [-0.05, 0) is 41.9 Å². The Hall–Kier alpha value is -0.620. The molecule has 1 atom stereocenters. The smallest absolute Gasteiger partial charge is 0.255 e. The Morgan fingerprint density at radius 2 is 2.30 bits per heavy atom. The zero-order valence-corrected chi connectivity index (χ0v) is 13.7. The molecule has 0 saturated carbocycles. The summed E-state index contributed by atoms with van der Waals surface area (Å²) in [7, 11) is 0. The highest BCUT2D eigenvalue weighted by Crippen LogP contribution is 2.29. The van der Waals surface area contributed by atoms with E-state index in [4.69, 9.17) is 16.3 Å². The van der Waals surface area contributed by atoms with E-state index in [9.17, 15) is 9.90 Å². The number of aliphatic hydroxyl groups excluding tert-OH is 1. The van der Waals surface area contributed by atoms with Crippen molar-refractivity contribution in [1.29, 1.82) is 0 Å². The van der Waals surface area contributed by atoms with Crippen LogP contribution in [0.25, 0.3) is 0 Å². The van der Waals surface area contributed by atoms with Gasteiger partial charge < -0.3 is 14.7 Å². The van der Waals surface area contributed by atoms with Crippen molar-refractivity contribution < 1.29 is 14.6 Å². The van der Waals surface area contributed by atoms with Crippen LogP contribution in [0.1, 0.15) is 24.2 Å². The minimum Gasteiger partial charge on any atom is -0.394 e. The van der Waals surface area contributed by atoms with Gasteiger partial charge >= 0.3 is 0 Å². The summed E-state index contributed by atoms with van der Waals surface area (Å²) < 4.78 is 6.40. The van der Waals surface area contributed by atoms with Crippen LogP contribution < -0.4 is 0 Å². The molecule has 1 aromatic rings. The lowest BCUT2D eigenvalue weighted by molar-refractivity contribution is -0.139. The van der Waals surface area contributed by atoms with Gasteiger partial charge in [0.05, 0.1) is 28.9 Å². The molecule has 1 amide bonds. The molecule has 1 aromatic carbocycles. The van der Waals surface area contributed by atoms with Crippen LogP contribution in [-0.4, -0.2) is 47.3 Å². The summed E-state index contributed by atoms with van der Waals surface area (Å²) in [6, 6.07) is 5.27. The van der Waals surface area contributed by atoms with Crippen LogP contribution in [0.15, 0.2) is 22.7 Å². The summed E-state index contributed by atoms with van der Waals surface area (Å²) in [5.74, 6) is -0.147. The highest BCUT2D eigenvalue weighted by atomic mass is 79.9. The van der Waals surface area contributed by atoms with Crippen molar-refractivity contribution in [3.05, 3.63) is 33.3 Å². The van der Waals surface area contributed by atoms with Crippen molar-refractivity contribution in [2.75, 3.05) is 19.7 Å². The van der Waals surface area contributed by atoms with Crippen LogP contribution in [-0.2, 0) is 4.74 Å². The summed E-state index contributed by atoms with van der Waals surface area (Å²) in [5.41, 5.74) is -0.0322. The number of nitrogens with zero attached hydrogens (tertiary/aromatic N) is 1. The third-order valence-corrected chi connectivity index (χ3v) is 4.45. The molecule has 2 rings (SSSR count). The van der Waals surface area contributed by atoms with Crippen molar-refractivity contribution in [2.24, 2.45) is 0 Å². The van der Waals surface area contributed by atoms with Gasteiger partial charge in [-0.15, -0.1) is 0 Å². The number of hydrogen-bond donors (Lipinski definition) is 1. The second kappa shape index (κ2) is 6.02. The van der Waals surface area contributed by atoms with E-state index in [1.165, 1.54) is 0 Å². The van der Waals surface area contributed by atoms with Gasteiger partial charge in [0.25, 0.3) is 5.91 Å². The molecular formula is C14H17BrClNO3. The summed E-state index contributed by atoms with van der Waals surface area (Å²) in [4.78, 5) is 14.3. The molecule has 0 spiro atoms. The Morgan fingerprint density at radius 1 is 1.60 bits per heavy atom. The van der Waals surface area contributed by atoms with E-state index in [1.54, 1.807) is 23.1 Å². The standard InChI is InChI=1S/C14H17BrClNO3/c1-14(2)8-17(6-9(7-18)20-14)13(19)10-4-3-5-11(15)12(10)16/h3-5,9,18H,6-8H2,1-2H3. The Morgan fingerprint density at radius 3 is 2.95 bits per heavy atom. The molecular weight excluding hydrogens is 346 g/mol. The Balaban J connectivity index is 2.26. The van der Waals surface area contributed by atoms with Gasteiger partial charge in [-0.3, -0.25) is 4.79 Å². The zero-order chi connectivity index (χ0) is 14.9. The first kappa shape index (κ1) is 15.8. The number of halogens is 2. The second-order valence-electron chi connectivity index (χ2n) is 5.47. The maximum atomic E-state index is 12.6. The number of carbonyl (C=O) groups is 1. The predicted molar refractivity (Wildman–Crippen MR) is 81.1 cm³/mol. The minimum atomic E-state index is -0.486. The third-order valence-electron chi connectivity index (χ3n) is 3.15. The molecule has 1 fully saturated rings. The highest BCUT2D eigenvalue weighted by Gasteiger charge is 2.36. The molecule has 0 radical (unpaired) electrons. The fourth-order valence-electron chi connectivity index (χ4n) is 2.38. The molecule has 1 aliphatic heterocycles. The molecule has 1 N–H and O–H groups in total. The summed E-state index contributed by atoms with van der Waals surface area (Å²) in [5, 5.41) is 9.70. The van der Waals surface area contributed by atoms with Crippen molar-refractivity contribution in [3.8, 4) is 0 Å². The largest absolute Gasteiger partial charge is 0.394 e. The third kappa shape index (κ3) is 3.34. The molecule has 4 nitrogen and oxygen atoms in total. The Labute approximate surface area is 131 Å². The van der Waals surface area contributed by atoms with Gasteiger partial charge in [0.2, 0.25) is 0 Å². The zero-order valence-electron chi connectivity index (χ0n) is 11.4. The highest BCUT2D eigenvalue weighted by molar-refractivity contribution is 9.10. The van der Waals surface area contributed by atoms with Gasteiger partial charge in [0, 0.05) is 17.6 Å². The molecule has 0 aliphatic carbocycles. The maximum absolute atomic E-state index is 12.6. The van der Waals surface area contributed by atoms with E-state index in [1.807, 2.05) is 13.8 Å². The molecule has 1 aliphatic rings. The monoisotopic (exact) mass is 361 g/mol. The summed E-state index contributed by atoms with van der Waals surface area (Å²) in [6.07, 6.45) is -0.367. The second-order valence-corrected chi connectivity index (χ2v) is 6.70. The van der Waals surface area contributed by atoms with Crippen molar-refractivity contribution in [2.45, 2.75) is 25.6 Å². The molecule has 0 aromatic heterocycles. The topological polar surface area (TPSA) is 49.8 Å². The number of rotatable bonds is 2. The normalized spacial score (nSPS) is 21.9. The average molecular weight is 363 g/mol. The van der Waals surface area contributed by atoms with Crippen molar-refractivity contribution in [1.82, 2.24) is 4.90 Å². The lowest BCUT2D eigenvalue weighted by atomic mass is 10.0. The molecule has 0 bridgehead atoms. The summed E-state index contributed by atoms with van der Waals surface area (Å²) >= 11 is 9.49. The number of aliphatic hydroxyl groups is 1. The Bertz CT molecular complexity index is 521. The predicted octanol–water partition coefficient (Wildman–Crippen LogP) is 2.71. The number of benzene rings is 1. The number of ether oxygens (including phenoxy) is 1. The first-order valence-electron chi connectivity index (χ1n) is 6.36. The van der Waals surface area contributed by atoms with Gasteiger partial charge in [-0.1, -0.05) is 17.7 Å². The Kier molecular flexibility index (Phi) is 4.74. The number of amides is 1. The quantitative estimate of drug-likeness (QED) is 0.880. The van der Waals surface area contributed by atoms with Crippen molar-refractivity contribution >= 4 is 33.4 Å². The fourth-order valence-corrected chi connectivity index (χ4v) is 2.96. The van der Waals surface area contributed by atoms with Gasteiger partial charge in [0.1, 0.15) is 0 Å². The van der Waals surface area contributed by atoms with Crippen LogP contribution in [0.5, 0.6) is 0 Å². The SMILES string of the molecule is CC1(C)CN(C(=O)c2cccc(Br)c2Cl)CC(CO)O1. The molecule has 1 heterocycles. The van der Waals surface area contributed by atoms with E-state index >= 15 is 0 Å². The first-order chi connectivity index (χ1) is 9.34. The van der Waals surface area contributed by atoms with Crippen LogP contribution in [0.3, 0.4) is 0 Å². The first-order valence-corrected chi connectivity index (χ1v) is 7.53. The van der Waals surface area contributed by atoms with Crippen LogP contribution in [0, 0.1) is 0 Å². The molecule has 1 unspecified atom stereocenters. The van der Waals surface area contributed by atoms with Crippen molar-refractivity contribution in [3.63, 3.8) is 0 Å². The molecule has 20 heavy (non-hydrogen) atoms. The van der Waals surface area contributed by atoms with E-state index in [2.05, 4.69) is 15.9 Å². The fraction of sp³-hybridized carbons (Fsp3) is 0.500. The van der Waals surface area contributed by atoms with Gasteiger partial charge in [-0.25, -0.2) is 0 Å². The van der Waals surface area contributed by atoms with Crippen LogP contribution >= 0.6 is 27.5 Å². The van der Waals surface area contributed by atoms with E-state index in [0.29, 0.717) is 28.1 Å². The maximum Gasteiger partial charge on any atom is 0.255 e. The van der Waals surface area contributed by atoms with Gasteiger partial charge in [0.15, 0.2) is 0 Å². The number of morpholine rings is 1. The molecule has 110 valence electrons. The number of hydrogen-bond acceptors (Lipinski definition) is 3. The summed E-state index contributed by atoms with van der Waals surface area (Å²) in [6.45, 7) is 4.52.